The molecule has 4 amide bonds. The van der Waals surface area contributed by atoms with Crippen LogP contribution in [0, 0.1) is 0 Å². The summed E-state index contributed by atoms with van der Waals surface area (Å²) in [5.41, 5.74) is 1.63. The minimum Gasteiger partial charge on any atom is -0.337 e. The Balaban J connectivity index is 1.17. The first-order valence-electron chi connectivity index (χ1n) is 14.6. The Morgan fingerprint density at radius 2 is 1.73 bits per heavy atom. The molecule has 0 bridgehead atoms. The molecule has 2 aliphatic heterocycles. The lowest BCUT2D eigenvalue weighted by atomic mass is 9.99. The summed E-state index contributed by atoms with van der Waals surface area (Å²) in [5, 5.41) is 3.24. The number of fused-ring (bicyclic) bond motifs is 2. The van der Waals surface area contributed by atoms with E-state index >= 15 is 0 Å². The number of hydrogen-bond acceptors (Lipinski definition) is 6. The second kappa shape index (κ2) is 10.7. The molecule has 2 fully saturated rings. The van der Waals surface area contributed by atoms with E-state index in [9.17, 15) is 28.4 Å². The number of carbonyl (C=O) groups excluding carboxylic acids is 5. The van der Waals surface area contributed by atoms with Crippen LogP contribution in [0.1, 0.15) is 62.8 Å². The maximum Gasteiger partial charge on any atom is 0.262 e. The molecule has 1 N–H and O–H groups in total. The number of Topliss-reactive ketones (excluding diaryl/α,β-unsaturated/α-hetero) is 1. The predicted molar refractivity (Wildman–Crippen MR) is 165 cm³/mol. The average Bonchev–Trinajstić information content (AvgIpc) is 3.47. The number of aromatic nitrogens is 2. The standard InChI is InChI=1S/C33H27BrFN5O5/c1-18(41)24-16-38(17-29(42)39-15-20(35)14-26(39)30(43)37-28-8-4-7-27(34)36-28)25-10-9-19(13-23(24)25)33(11-12-33)40-31(44)21-5-2-3-6-22(21)32(40)45/h2-10,13,16,20,26H,11-12,14-15,17H2,1H3,(H,36,37,43)/t20-,26+/m1/s1. The number of anilines is 1. The monoisotopic (exact) mass is 671 g/mol. The molecule has 12 heteroatoms. The van der Waals surface area contributed by atoms with Crippen molar-refractivity contribution in [3.05, 3.63) is 93.7 Å². The van der Waals surface area contributed by atoms with Gasteiger partial charge in [0.1, 0.15) is 29.2 Å². The summed E-state index contributed by atoms with van der Waals surface area (Å²) in [6, 6.07) is 16.1. The number of rotatable bonds is 7. The third-order valence-corrected chi connectivity index (χ3v) is 9.33. The molecule has 0 unspecified atom stereocenters. The lowest BCUT2D eigenvalue weighted by Gasteiger charge is -2.27. The summed E-state index contributed by atoms with van der Waals surface area (Å²) in [7, 11) is 0. The van der Waals surface area contributed by atoms with Gasteiger partial charge in [-0.3, -0.25) is 28.9 Å². The molecule has 2 aromatic carbocycles. The van der Waals surface area contributed by atoms with Crippen LogP contribution < -0.4 is 5.32 Å². The highest BCUT2D eigenvalue weighted by Crippen LogP contribution is 2.54. The fraction of sp³-hybridized carbons (Fsp3) is 0.273. The molecule has 10 nitrogen and oxygen atoms in total. The number of benzene rings is 2. The minimum absolute atomic E-state index is 0.139. The van der Waals surface area contributed by atoms with Crippen molar-refractivity contribution in [1.82, 2.24) is 19.4 Å². The Hall–Kier alpha value is -4.71. The van der Waals surface area contributed by atoms with E-state index in [2.05, 4.69) is 26.2 Å². The Morgan fingerprint density at radius 1 is 1.02 bits per heavy atom. The normalized spacial score (nSPS) is 20.1. The SMILES string of the molecule is CC(=O)c1cn(CC(=O)N2C[C@H](F)C[C@H]2C(=O)Nc2cccc(Br)n2)c2ccc(C3(N4C(=O)c5ccccc5C4=O)CC3)cc12. The summed E-state index contributed by atoms with van der Waals surface area (Å²) in [6.45, 7) is 0.974. The number of halogens is 2. The van der Waals surface area contributed by atoms with Gasteiger partial charge in [-0.25, -0.2) is 9.37 Å². The number of amides is 4. The lowest BCUT2D eigenvalue weighted by Crippen LogP contribution is -2.44. The molecular formula is C33H27BrFN5O5. The quantitative estimate of drug-likeness (QED) is 0.170. The Bertz CT molecular complexity index is 1920. The van der Waals surface area contributed by atoms with Crippen molar-refractivity contribution < 1.29 is 28.4 Å². The second-order valence-electron chi connectivity index (χ2n) is 11.7. The van der Waals surface area contributed by atoms with Crippen LogP contribution in [0.2, 0.25) is 0 Å². The number of alkyl halides is 1. The van der Waals surface area contributed by atoms with Gasteiger partial charge in [0.25, 0.3) is 11.8 Å². The molecule has 1 saturated heterocycles. The molecule has 3 aliphatic rings. The van der Waals surface area contributed by atoms with Gasteiger partial charge in [-0.2, -0.15) is 0 Å². The van der Waals surface area contributed by atoms with Gasteiger partial charge >= 0.3 is 0 Å². The van der Waals surface area contributed by atoms with Crippen molar-refractivity contribution in [2.24, 2.45) is 0 Å². The van der Waals surface area contributed by atoms with E-state index in [0.29, 0.717) is 45.0 Å². The molecule has 4 aromatic rings. The van der Waals surface area contributed by atoms with Crippen molar-refractivity contribution in [2.45, 2.75) is 50.5 Å². The van der Waals surface area contributed by atoms with Gasteiger partial charge < -0.3 is 14.8 Å². The lowest BCUT2D eigenvalue weighted by molar-refractivity contribution is -0.137. The number of hydrogen-bond donors (Lipinski definition) is 1. The highest BCUT2D eigenvalue weighted by molar-refractivity contribution is 9.10. The molecule has 2 atom stereocenters. The predicted octanol–water partition coefficient (Wildman–Crippen LogP) is 4.86. The van der Waals surface area contributed by atoms with E-state index < -0.39 is 29.6 Å². The molecule has 4 heterocycles. The fourth-order valence-corrected chi connectivity index (χ4v) is 6.91. The molecular weight excluding hydrogens is 645 g/mol. The minimum atomic E-state index is -1.37. The zero-order chi connectivity index (χ0) is 31.6. The topological polar surface area (TPSA) is 122 Å². The van der Waals surface area contributed by atoms with Gasteiger partial charge in [0.15, 0.2) is 5.78 Å². The van der Waals surface area contributed by atoms with Crippen molar-refractivity contribution in [3.63, 3.8) is 0 Å². The molecule has 0 radical (unpaired) electrons. The molecule has 2 aromatic heterocycles. The number of nitrogens with zero attached hydrogens (tertiary/aromatic N) is 4. The first-order chi connectivity index (χ1) is 21.6. The molecule has 228 valence electrons. The largest absolute Gasteiger partial charge is 0.337 e. The fourth-order valence-electron chi connectivity index (χ4n) is 6.57. The summed E-state index contributed by atoms with van der Waals surface area (Å²) in [4.78, 5) is 72.8. The van der Waals surface area contributed by atoms with Gasteiger partial charge in [0, 0.05) is 29.1 Å². The Morgan fingerprint density at radius 3 is 2.38 bits per heavy atom. The van der Waals surface area contributed by atoms with Gasteiger partial charge in [-0.15, -0.1) is 0 Å². The van der Waals surface area contributed by atoms with Gasteiger partial charge in [0.05, 0.1) is 23.2 Å². The van der Waals surface area contributed by atoms with Crippen LogP contribution >= 0.6 is 15.9 Å². The summed E-state index contributed by atoms with van der Waals surface area (Å²) < 4.78 is 16.7. The number of imide groups is 1. The number of carbonyl (C=O) groups is 5. The van der Waals surface area contributed by atoms with Crippen LogP contribution in [-0.2, 0) is 21.7 Å². The van der Waals surface area contributed by atoms with E-state index in [1.54, 1.807) is 59.3 Å². The second-order valence-corrected chi connectivity index (χ2v) is 12.5. The van der Waals surface area contributed by atoms with Crippen LogP contribution in [0.25, 0.3) is 10.9 Å². The van der Waals surface area contributed by atoms with Gasteiger partial charge in [-0.1, -0.05) is 24.3 Å². The van der Waals surface area contributed by atoms with Gasteiger partial charge in [0.2, 0.25) is 11.8 Å². The molecule has 45 heavy (non-hydrogen) atoms. The smallest absolute Gasteiger partial charge is 0.262 e. The van der Waals surface area contributed by atoms with E-state index in [4.69, 9.17) is 0 Å². The third-order valence-electron chi connectivity index (χ3n) is 8.89. The molecule has 1 saturated carbocycles. The highest BCUT2D eigenvalue weighted by Gasteiger charge is 2.57. The number of likely N-dealkylation sites (tertiary alicyclic amines) is 1. The van der Waals surface area contributed by atoms with Crippen LogP contribution in [0.15, 0.2) is 71.5 Å². The van der Waals surface area contributed by atoms with E-state index in [1.807, 2.05) is 12.1 Å². The zero-order valence-electron chi connectivity index (χ0n) is 24.1. The van der Waals surface area contributed by atoms with E-state index in [-0.39, 0.29) is 42.9 Å². The first-order valence-corrected chi connectivity index (χ1v) is 15.4. The van der Waals surface area contributed by atoms with Crippen LogP contribution in [0.4, 0.5) is 10.2 Å². The van der Waals surface area contributed by atoms with Crippen molar-refractivity contribution in [3.8, 4) is 0 Å². The van der Waals surface area contributed by atoms with Gasteiger partial charge in [-0.05, 0) is 77.7 Å². The van der Waals surface area contributed by atoms with Crippen LogP contribution in [-0.4, -0.2) is 67.5 Å². The highest BCUT2D eigenvalue weighted by atomic mass is 79.9. The average molecular weight is 673 g/mol. The van der Waals surface area contributed by atoms with E-state index in [0.717, 1.165) is 5.56 Å². The molecule has 7 rings (SSSR count). The summed E-state index contributed by atoms with van der Waals surface area (Å²) in [6.07, 6.45) is 1.27. The maximum absolute atomic E-state index is 14.6. The summed E-state index contributed by atoms with van der Waals surface area (Å²) >= 11 is 3.25. The van der Waals surface area contributed by atoms with Crippen molar-refractivity contribution in [1.29, 1.82) is 0 Å². The summed E-state index contributed by atoms with van der Waals surface area (Å²) in [5.74, 6) is -1.64. The molecule has 0 spiro atoms. The third kappa shape index (κ3) is 4.84. The number of ketones is 1. The van der Waals surface area contributed by atoms with Crippen LogP contribution in [0.5, 0.6) is 0 Å². The number of nitrogens with one attached hydrogen (secondary N) is 1. The Kier molecular flexibility index (Phi) is 6.92. The first kappa shape index (κ1) is 29.0. The van der Waals surface area contributed by atoms with Crippen molar-refractivity contribution in [2.75, 3.05) is 11.9 Å². The Labute approximate surface area is 265 Å². The number of pyridine rings is 1. The van der Waals surface area contributed by atoms with Crippen molar-refractivity contribution >= 4 is 62.1 Å². The van der Waals surface area contributed by atoms with Crippen LogP contribution in [0.3, 0.4) is 0 Å². The maximum atomic E-state index is 14.6. The molecule has 1 aliphatic carbocycles. The zero-order valence-corrected chi connectivity index (χ0v) is 25.7. The van der Waals surface area contributed by atoms with E-state index in [1.165, 1.54) is 16.7 Å².